The molecule has 31 heavy (non-hydrogen) atoms. The van der Waals surface area contributed by atoms with Gasteiger partial charge in [-0.15, -0.1) is 11.3 Å². The van der Waals surface area contributed by atoms with Crippen molar-refractivity contribution >= 4 is 80.5 Å². The summed E-state index contributed by atoms with van der Waals surface area (Å²) in [5.41, 5.74) is 2.55. The lowest BCUT2D eigenvalue weighted by Gasteiger charge is -2.27. The molecule has 1 atom stereocenters. The van der Waals surface area contributed by atoms with E-state index < -0.39 is 15.9 Å². The number of aryl methyl sites for hydroxylation is 1. The summed E-state index contributed by atoms with van der Waals surface area (Å²) in [4.78, 5) is 13.5. The number of amides is 1. The number of benzene rings is 1. The topological polar surface area (TPSA) is 77.0 Å². The zero-order valence-electron chi connectivity index (χ0n) is 16.3. The Hall–Kier alpha value is -1.82. The first kappa shape index (κ1) is 23.8. The lowest BCUT2D eigenvalue weighted by Crippen LogP contribution is -2.55. The molecular weight excluding hydrogens is 495 g/mol. The largest absolute Gasteiger partial charge is 0.339 e. The minimum absolute atomic E-state index is 0.138. The lowest BCUT2D eigenvalue weighted by atomic mass is 9.96. The molecule has 2 aromatic rings. The average Bonchev–Trinajstić information content (AvgIpc) is 3.08. The minimum Gasteiger partial charge on any atom is -0.339 e. The fraction of sp³-hybridized carbons (Fsp3) is 0.286. The van der Waals surface area contributed by atoms with Gasteiger partial charge in [-0.2, -0.15) is 5.26 Å². The van der Waals surface area contributed by atoms with E-state index in [2.05, 4.69) is 22.0 Å². The number of fused-ring (bicyclic) bond motifs is 1. The van der Waals surface area contributed by atoms with Gasteiger partial charge in [0, 0.05) is 11.0 Å². The Kier molecular flexibility index (Phi) is 8.20. The predicted octanol–water partition coefficient (Wildman–Crippen LogP) is 5.31. The number of anilines is 1. The molecule has 1 aliphatic carbocycles. The fourth-order valence-electron chi connectivity index (χ4n) is 3.17. The van der Waals surface area contributed by atoms with Crippen molar-refractivity contribution in [3.05, 3.63) is 58.0 Å². The van der Waals surface area contributed by atoms with Gasteiger partial charge >= 0.3 is 0 Å². The van der Waals surface area contributed by atoms with Gasteiger partial charge in [-0.3, -0.25) is 4.79 Å². The van der Waals surface area contributed by atoms with E-state index in [1.54, 1.807) is 6.08 Å². The van der Waals surface area contributed by atoms with Gasteiger partial charge in [-0.25, -0.2) is 0 Å². The number of halogens is 3. The van der Waals surface area contributed by atoms with E-state index in [0.717, 1.165) is 36.8 Å². The Bertz CT molecular complexity index is 1030. The first-order chi connectivity index (χ1) is 14.8. The van der Waals surface area contributed by atoms with Crippen molar-refractivity contribution in [1.29, 1.82) is 5.26 Å². The van der Waals surface area contributed by atoms with Crippen LogP contribution in [0.1, 0.15) is 34.4 Å². The first-order valence-electron chi connectivity index (χ1n) is 9.50. The highest BCUT2D eigenvalue weighted by molar-refractivity contribution is 7.80. The zero-order chi connectivity index (χ0) is 22.4. The second-order valence-corrected chi connectivity index (χ2v) is 10.7. The van der Waals surface area contributed by atoms with Crippen LogP contribution < -0.4 is 16.0 Å². The van der Waals surface area contributed by atoms with Gasteiger partial charge in [-0.05, 0) is 55.1 Å². The molecule has 0 radical (unpaired) electrons. The van der Waals surface area contributed by atoms with Gasteiger partial charge in [0.15, 0.2) is 5.11 Å². The van der Waals surface area contributed by atoms with E-state index >= 15 is 0 Å². The molecule has 0 bridgehead atoms. The van der Waals surface area contributed by atoms with Crippen molar-refractivity contribution < 1.29 is 4.79 Å². The number of thiophene rings is 1. The Morgan fingerprint density at radius 2 is 1.90 bits per heavy atom. The van der Waals surface area contributed by atoms with E-state index in [1.807, 2.05) is 30.3 Å². The van der Waals surface area contributed by atoms with E-state index in [4.69, 9.17) is 47.0 Å². The SMILES string of the molecule is N#Cc1c(NC(=S)NC(NC(=O)/C=C\c2ccccc2)C(Cl)(Cl)Cl)sc2c1CCCC2. The number of nitrogens with one attached hydrogen (secondary N) is 3. The molecule has 0 saturated carbocycles. The molecule has 1 aliphatic rings. The van der Waals surface area contributed by atoms with Crippen molar-refractivity contribution in [2.24, 2.45) is 0 Å². The van der Waals surface area contributed by atoms with Crippen LogP contribution in [0.5, 0.6) is 0 Å². The number of alkyl halides is 3. The maximum atomic E-state index is 12.3. The van der Waals surface area contributed by atoms with Crippen LogP contribution >= 0.6 is 58.4 Å². The molecule has 5 nitrogen and oxygen atoms in total. The quantitative estimate of drug-likeness (QED) is 0.219. The van der Waals surface area contributed by atoms with Gasteiger partial charge in [-0.1, -0.05) is 65.1 Å². The van der Waals surface area contributed by atoms with Gasteiger partial charge < -0.3 is 16.0 Å². The van der Waals surface area contributed by atoms with Gasteiger partial charge in [0.1, 0.15) is 17.2 Å². The number of thiocarbonyl (C=S) groups is 1. The van der Waals surface area contributed by atoms with Gasteiger partial charge in [0.25, 0.3) is 0 Å². The summed E-state index contributed by atoms with van der Waals surface area (Å²) in [6, 6.07) is 11.6. The first-order valence-corrected chi connectivity index (χ1v) is 11.9. The average molecular weight is 514 g/mol. The van der Waals surface area contributed by atoms with Gasteiger partial charge in [0.05, 0.1) is 5.56 Å². The maximum absolute atomic E-state index is 12.3. The number of rotatable bonds is 5. The highest BCUT2D eigenvalue weighted by Crippen LogP contribution is 2.37. The Morgan fingerprint density at radius 3 is 2.58 bits per heavy atom. The standard InChI is InChI=1S/C21H19Cl3N4OS2/c22-21(23,24)19(26-17(29)11-10-13-6-2-1-3-7-13)28-20(30)27-18-15(12-25)14-8-4-5-9-16(14)31-18/h1-3,6-7,10-11,19H,4-5,8-9H2,(H,26,29)(H2,27,28,30)/b11-10-. The van der Waals surface area contributed by atoms with Crippen molar-refractivity contribution in [3.63, 3.8) is 0 Å². The van der Waals surface area contributed by atoms with E-state index in [-0.39, 0.29) is 5.11 Å². The number of nitriles is 1. The molecule has 1 amide bonds. The molecule has 0 aliphatic heterocycles. The summed E-state index contributed by atoms with van der Waals surface area (Å²) in [6.07, 6.45) is 5.92. The third kappa shape index (κ3) is 6.58. The molecule has 1 aromatic heterocycles. The van der Waals surface area contributed by atoms with Crippen molar-refractivity contribution in [2.75, 3.05) is 5.32 Å². The molecule has 3 rings (SSSR count). The zero-order valence-corrected chi connectivity index (χ0v) is 20.2. The lowest BCUT2D eigenvalue weighted by molar-refractivity contribution is -0.117. The second-order valence-electron chi connectivity index (χ2n) is 6.85. The summed E-state index contributed by atoms with van der Waals surface area (Å²) >= 11 is 25.0. The number of hydrogen-bond acceptors (Lipinski definition) is 4. The summed E-state index contributed by atoms with van der Waals surface area (Å²) in [7, 11) is 0. The number of nitrogens with zero attached hydrogens (tertiary/aromatic N) is 1. The van der Waals surface area contributed by atoms with E-state index in [0.29, 0.717) is 10.6 Å². The second kappa shape index (κ2) is 10.7. The molecule has 0 saturated heterocycles. The minimum atomic E-state index is -1.87. The Labute approximate surface area is 205 Å². The van der Waals surface area contributed by atoms with E-state index in [1.165, 1.54) is 22.3 Å². The summed E-state index contributed by atoms with van der Waals surface area (Å²) in [6.45, 7) is 0. The van der Waals surface area contributed by atoms with Crippen LogP contribution in [0.3, 0.4) is 0 Å². The fourth-order valence-corrected chi connectivity index (χ4v) is 5.02. The van der Waals surface area contributed by atoms with Crippen LogP contribution in [-0.2, 0) is 17.6 Å². The normalized spacial score (nSPS) is 14.4. The van der Waals surface area contributed by atoms with Crippen LogP contribution in [0.25, 0.3) is 6.08 Å². The smallest absolute Gasteiger partial charge is 0.245 e. The van der Waals surface area contributed by atoms with Crippen molar-refractivity contribution in [3.8, 4) is 6.07 Å². The molecule has 162 valence electrons. The van der Waals surface area contributed by atoms with Crippen LogP contribution in [0, 0.1) is 11.3 Å². The van der Waals surface area contributed by atoms with Gasteiger partial charge in [0.2, 0.25) is 9.70 Å². The molecular formula is C21H19Cl3N4OS2. The van der Waals surface area contributed by atoms with E-state index in [9.17, 15) is 10.1 Å². The van der Waals surface area contributed by atoms with Crippen LogP contribution in [0.15, 0.2) is 36.4 Å². The third-order valence-corrected chi connectivity index (χ3v) is 6.71. The molecule has 3 N–H and O–H groups in total. The maximum Gasteiger partial charge on any atom is 0.245 e. The summed E-state index contributed by atoms with van der Waals surface area (Å²) in [5, 5.41) is 18.8. The molecule has 0 fully saturated rings. The van der Waals surface area contributed by atoms with Crippen molar-refractivity contribution in [2.45, 2.75) is 35.6 Å². The number of carbonyl (C=O) groups is 1. The highest BCUT2D eigenvalue weighted by Gasteiger charge is 2.34. The Balaban J connectivity index is 1.67. The predicted molar refractivity (Wildman–Crippen MR) is 133 cm³/mol. The molecule has 1 aromatic carbocycles. The molecule has 10 heteroatoms. The summed E-state index contributed by atoms with van der Waals surface area (Å²) in [5.74, 6) is -0.459. The number of carbonyl (C=O) groups excluding carboxylic acids is 1. The molecule has 1 heterocycles. The Morgan fingerprint density at radius 1 is 1.19 bits per heavy atom. The number of hydrogen-bond donors (Lipinski definition) is 3. The monoisotopic (exact) mass is 512 g/mol. The van der Waals surface area contributed by atoms with Crippen LogP contribution in [0.2, 0.25) is 0 Å². The highest BCUT2D eigenvalue weighted by atomic mass is 35.6. The van der Waals surface area contributed by atoms with Crippen LogP contribution in [-0.4, -0.2) is 21.0 Å². The molecule has 0 spiro atoms. The third-order valence-electron chi connectivity index (χ3n) is 4.63. The van der Waals surface area contributed by atoms with Crippen molar-refractivity contribution in [1.82, 2.24) is 10.6 Å². The molecule has 1 unspecified atom stereocenters. The van der Waals surface area contributed by atoms with Crippen LogP contribution in [0.4, 0.5) is 5.00 Å². The summed E-state index contributed by atoms with van der Waals surface area (Å²) < 4.78 is -1.87.